The number of fused-ring (bicyclic) bond motifs is 1. The summed E-state index contributed by atoms with van der Waals surface area (Å²) in [6.45, 7) is 6.80. The van der Waals surface area contributed by atoms with Gasteiger partial charge in [0.25, 0.3) is 11.5 Å². The summed E-state index contributed by atoms with van der Waals surface area (Å²) >= 11 is 6.08. The molecule has 4 rings (SSSR count). The van der Waals surface area contributed by atoms with Crippen LogP contribution in [0.5, 0.6) is 0 Å². The third kappa shape index (κ3) is 5.21. The van der Waals surface area contributed by atoms with Crippen LogP contribution < -0.4 is 5.56 Å². The number of carbonyl (C=O) groups is 1. The minimum atomic E-state index is -0.386. The van der Waals surface area contributed by atoms with Gasteiger partial charge in [-0.2, -0.15) is 0 Å². The molecule has 0 N–H and O–H groups in total. The molecule has 0 fully saturated rings. The van der Waals surface area contributed by atoms with E-state index in [4.69, 9.17) is 16.6 Å². The molecule has 6 heteroatoms. The van der Waals surface area contributed by atoms with Crippen LogP contribution in [0.4, 0.5) is 0 Å². The highest BCUT2D eigenvalue weighted by Crippen LogP contribution is 2.28. The van der Waals surface area contributed by atoms with Crippen molar-refractivity contribution in [3.05, 3.63) is 105 Å². The summed E-state index contributed by atoms with van der Waals surface area (Å²) in [5, 5.41) is 1.14. The molecule has 5 nitrogen and oxygen atoms in total. The van der Waals surface area contributed by atoms with Crippen molar-refractivity contribution in [2.75, 3.05) is 6.54 Å². The highest BCUT2D eigenvalue weighted by atomic mass is 35.5. The summed E-state index contributed by atoms with van der Waals surface area (Å²) < 4.78 is 1.68. The minimum Gasteiger partial charge on any atom is -0.328 e. The molecule has 0 saturated carbocycles. The van der Waals surface area contributed by atoms with E-state index < -0.39 is 0 Å². The van der Waals surface area contributed by atoms with E-state index in [1.165, 1.54) is 5.56 Å². The number of nitrogens with zero attached hydrogens (tertiary/aromatic N) is 3. The van der Waals surface area contributed by atoms with Gasteiger partial charge >= 0.3 is 0 Å². The quantitative estimate of drug-likeness (QED) is 0.248. The van der Waals surface area contributed by atoms with Crippen LogP contribution in [0.25, 0.3) is 16.6 Å². The third-order valence-electron chi connectivity index (χ3n) is 6.57. The number of benzene rings is 3. The predicted octanol–water partition coefficient (Wildman–Crippen LogP) is 7.00. The number of rotatable bonds is 9. The maximum atomic E-state index is 13.8. The van der Waals surface area contributed by atoms with Crippen LogP contribution in [0.1, 0.15) is 67.8 Å². The lowest BCUT2D eigenvalue weighted by Crippen LogP contribution is -2.39. The molecule has 36 heavy (non-hydrogen) atoms. The molecule has 0 spiro atoms. The maximum Gasteiger partial charge on any atom is 0.266 e. The molecule has 1 heterocycles. The molecule has 0 radical (unpaired) electrons. The molecule has 186 valence electrons. The van der Waals surface area contributed by atoms with Crippen LogP contribution in [-0.2, 0) is 6.42 Å². The number of hydrogen-bond acceptors (Lipinski definition) is 3. The van der Waals surface area contributed by atoms with Gasteiger partial charge in [-0.1, -0.05) is 63.1 Å². The number of aryl methyl sites for hydroxylation is 1. The van der Waals surface area contributed by atoms with E-state index >= 15 is 0 Å². The number of carbonyl (C=O) groups excluding carboxylic acids is 1. The molecule has 1 amide bonds. The van der Waals surface area contributed by atoms with Gasteiger partial charge in [0.05, 0.1) is 22.6 Å². The lowest BCUT2D eigenvalue weighted by Gasteiger charge is -2.32. The zero-order valence-electron chi connectivity index (χ0n) is 21.1. The zero-order chi connectivity index (χ0) is 25.7. The highest BCUT2D eigenvalue weighted by Gasteiger charge is 2.29. The van der Waals surface area contributed by atoms with Crippen LogP contribution in [0, 0.1) is 0 Å². The SMILES string of the molecule is CCCCN(C(=O)c1ccc(Cl)cc1)C(CC)c1nc2ccccc2c(=O)n1-c1ccc(CC)cc1. The van der Waals surface area contributed by atoms with E-state index in [1.54, 1.807) is 34.9 Å². The van der Waals surface area contributed by atoms with Crippen molar-refractivity contribution in [2.24, 2.45) is 0 Å². The third-order valence-corrected chi connectivity index (χ3v) is 6.82. The van der Waals surface area contributed by atoms with Crippen molar-refractivity contribution in [3.63, 3.8) is 0 Å². The van der Waals surface area contributed by atoms with Gasteiger partial charge in [0.2, 0.25) is 0 Å². The fraction of sp³-hybridized carbons (Fsp3) is 0.300. The Morgan fingerprint density at radius 1 is 0.972 bits per heavy atom. The smallest absolute Gasteiger partial charge is 0.266 e. The summed E-state index contributed by atoms with van der Waals surface area (Å²) in [6.07, 6.45) is 3.31. The predicted molar refractivity (Wildman–Crippen MR) is 147 cm³/mol. The Labute approximate surface area is 217 Å². The molecule has 1 aromatic heterocycles. The summed E-state index contributed by atoms with van der Waals surface area (Å²) in [5.74, 6) is 0.478. The molecular weight excluding hydrogens is 470 g/mol. The van der Waals surface area contributed by atoms with Crippen molar-refractivity contribution in [2.45, 2.75) is 52.5 Å². The summed E-state index contributed by atoms with van der Waals surface area (Å²) in [6, 6.07) is 22.0. The molecule has 3 aromatic carbocycles. The molecule has 0 aliphatic rings. The van der Waals surface area contributed by atoms with Crippen molar-refractivity contribution < 1.29 is 4.79 Å². The lowest BCUT2D eigenvalue weighted by atomic mass is 10.1. The van der Waals surface area contributed by atoms with Gasteiger partial charge in [-0.15, -0.1) is 0 Å². The Morgan fingerprint density at radius 3 is 2.31 bits per heavy atom. The summed E-state index contributed by atoms with van der Waals surface area (Å²) in [4.78, 5) is 34.5. The Kier molecular flexibility index (Phi) is 8.21. The lowest BCUT2D eigenvalue weighted by molar-refractivity contribution is 0.0656. The molecular formula is C30H32ClN3O2. The van der Waals surface area contributed by atoms with Crippen molar-refractivity contribution in [3.8, 4) is 5.69 Å². The average Bonchev–Trinajstić information content (AvgIpc) is 2.91. The fourth-order valence-corrected chi connectivity index (χ4v) is 4.66. The van der Waals surface area contributed by atoms with Gasteiger partial charge in [0, 0.05) is 17.1 Å². The first-order valence-corrected chi connectivity index (χ1v) is 13.0. The summed E-state index contributed by atoms with van der Waals surface area (Å²) in [5.41, 5.74) is 3.00. The molecule has 0 aliphatic heterocycles. The van der Waals surface area contributed by atoms with Crippen molar-refractivity contribution in [1.82, 2.24) is 14.5 Å². The Bertz CT molecular complexity index is 1390. The Balaban J connectivity index is 1.92. The average molecular weight is 502 g/mol. The van der Waals surface area contributed by atoms with Crippen molar-refractivity contribution in [1.29, 1.82) is 0 Å². The maximum absolute atomic E-state index is 13.8. The first-order valence-electron chi connectivity index (χ1n) is 12.7. The van der Waals surface area contributed by atoms with Gasteiger partial charge in [-0.3, -0.25) is 14.2 Å². The minimum absolute atomic E-state index is 0.0951. The molecule has 4 aromatic rings. The van der Waals surface area contributed by atoms with Crippen LogP contribution in [-0.4, -0.2) is 26.9 Å². The Morgan fingerprint density at radius 2 is 1.67 bits per heavy atom. The number of hydrogen-bond donors (Lipinski definition) is 0. The molecule has 0 aliphatic carbocycles. The second-order valence-electron chi connectivity index (χ2n) is 8.93. The highest BCUT2D eigenvalue weighted by molar-refractivity contribution is 6.30. The molecule has 0 bridgehead atoms. The van der Waals surface area contributed by atoms with Crippen LogP contribution in [0.3, 0.4) is 0 Å². The molecule has 1 atom stereocenters. The van der Waals surface area contributed by atoms with Crippen LogP contribution >= 0.6 is 11.6 Å². The number of amides is 1. The number of para-hydroxylation sites is 1. The first kappa shape index (κ1) is 25.6. The topological polar surface area (TPSA) is 55.2 Å². The molecule has 0 saturated heterocycles. The largest absolute Gasteiger partial charge is 0.328 e. The second-order valence-corrected chi connectivity index (χ2v) is 9.37. The van der Waals surface area contributed by atoms with Crippen LogP contribution in [0.15, 0.2) is 77.6 Å². The van der Waals surface area contributed by atoms with E-state index in [9.17, 15) is 9.59 Å². The monoisotopic (exact) mass is 501 g/mol. The number of unbranched alkanes of at least 4 members (excludes halogenated alkanes) is 1. The fourth-order valence-electron chi connectivity index (χ4n) is 4.53. The normalized spacial score (nSPS) is 12.0. The summed E-state index contributed by atoms with van der Waals surface area (Å²) in [7, 11) is 0. The second kappa shape index (κ2) is 11.5. The number of aromatic nitrogens is 2. The van der Waals surface area contributed by atoms with Gasteiger partial charge in [0.15, 0.2) is 0 Å². The van der Waals surface area contributed by atoms with E-state index in [1.807, 2.05) is 54.3 Å². The Hall–Kier alpha value is -3.44. The van der Waals surface area contributed by atoms with Gasteiger partial charge in [-0.25, -0.2) is 4.98 Å². The number of halogens is 1. The van der Waals surface area contributed by atoms with E-state index in [2.05, 4.69) is 13.8 Å². The van der Waals surface area contributed by atoms with Gasteiger partial charge < -0.3 is 4.90 Å². The van der Waals surface area contributed by atoms with Gasteiger partial charge in [0.1, 0.15) is 5.82 Å². The zero-order valence-corrected chi connectivity index (χ0v) is 21.8. The molecule has 1 unspecified atom stereocenters. The van der Waals surface area contributed by atoms with Crippen molar-refractivity contribution >= 4 is 28.4 Å². The van der Waals surface area contributed by atoms with E-state index in [0.29, 0.717) is 40.3 Å². The van der Waals surface area contributed by atoms with Gasteiger partial charge in [-0.05, 0) is 73.4 Å². The van der Waals surface area contributed by atoms with E-state index in [0.717, 1.165) is 24.9 Å². The first-order chi connectivity index (χ1) is 17.5. The van der Waals surface area contributed by atoms with Crippen LogP contribution in [0.2, 0.25) is 5.02 Å². The standard InChI is InChI=1S/C30H32ClN3O2/c1-4-7-20-33(29(35)22-14-16-23(31)17-15-22)27(6-3)28-32-26-11-9-8-10-25(26)30(36)34(28)24-18-12-21(5-2)13-19-24/h8-19,27H,4-7,20H2,1-3H3. The van der Waals surface area contributed by atoms with E-state index in [-0.39, 0.29) is 17.5 Å².